The summed E-state index contributed by atoms with van der Waals surface area (Å²) in [6, 6.07) is 6.95. The smallest absolute Gasteiger partial charge is 0.304 e. The first kappa shape index (κ1) is 14.4. The van der Waals surface area contributed by atoms with Crippen LogP contribution in [0.15, 0.2) is 35.0 Å². The van der Waals surface area contributed by atoms with Crippen molar-refractivity contribution in [1.82, 2.24) is 0 Å². The molecular formula is C13H9Cl2N3O2. The predicted molar refractivity (Wildman–Crippen MR) is 77.3 cm³/mol. The second kappa shape index (κ2) is 5.95. The first-order valence-corrected chi connectivity index (χ1v) is 6.35. The lowest BCUT2D eigenvalue weighted by molar-refractivity contribution is -0.142. The third-order valence-electron chi connectivity index (χ3n) is 2.41. The molecule has 7 heteroatoms. The van der Waals surface area contributed by atoms with E-state index in [4.69, 9.17) is 33.2 Å². The van der Waals surface area contributed by atoms with Crippen LogP contribution in [0, 0.1) is 11.3 Å². The molecule has 20 heavy (non-hydrogen) atoms. The Hall–Kier alpha value is -2.03. The van der Waals surface area contributed by atoms with E-state index < -0.39 is 12.1 Å². The highest BCUT2D eigenvalue weighted by atomic mass is 35.5. The van der Waals surface area contributed by atoms with Crippen molar-refractivity contribution in [1.29, 1.82) is 5.26 Å². The molecule has 1 aliphatic heterocycles. The van der Waals surface area contributed by atoms with E-state index in [2.05, 4.69) is 10.3 Å². The van der Waals surface area contributed by atoms with Gasteiger partial charge in [-0.3, -0.25) is 4.79 Å². The van der Waals surface area contributed by atoms with Gasteiger partial charge in [-0.1, -0.05) is 23.2 Å². The monoisotopic (exact) mass is 309 g/mol. The van der Waals surface area contributed by atoms with Crippen molar-refractivity contribution in [3.05, 3.63) is 35.0 Å². The van der Waals surface area contributed by atoms with Gasteiger partial charge in [0.25, 0.3) is 0 Å². The minimum absolute atomic E-state index is 0.159. The molecule has 1 N–H and O–H groups in total. The maximum Gasteiger partial charge on any atom is 0.304 e. The summed E-state index contributed by atoms with van der Waals surface area (Å²) in [6.45, 7) is 1.23. The minimum Gasteiger partial charge on any atom is -0.443 e. The fourth-order valence-electron chi connectivity index (χ4n) is 1.60. The molecule has 0 radical (unpaired) electrons. The standard InChI is InChI=1S/C13H9Cl2N3O2/c1-7(19)20-9(6-16)5-12-13(15)18-11-4-8(14)2-3-10(11)17-12/h2-5,9,17H,1H3. The third kappa shape index (κ3) is 3.29. The van der Waals surface area contributed by atoms with E-state index >= 15 is 0 Å². The number of hydrogen-bond acceptors (Lipinski definition) is 5. The lowest BCUT2D eigenvalue weighted by atomic mass is 10.2. The summed E-state index contributed by atoms with van der Waals surface area (Å²) in [5, 5.41) is 12.6. The third-order valence-corrected chi connectivity index (χ3v) is 2.93. The van der Waals surface area contributed by atoms with Crippen LogP contribution in [-0.2, 0) is 9.53 Å². The van der Waals surface area contributed by atoms with Crippen molar-refractivity contribution in [3.8, 4) is 6.07 Å². The van der Waals surface area contributed by atoms with Crippen molar-refractivity contribution in [3.63, 3.8) is 0 Å². The van der Waals surface area contributed by atoms with Gasteiger partial charge in [-0.15, -0.1) is 0 Å². The van der Waals surface area contributed by atoms with Gasteiger partial charge in [0.15, 0.2) is 5.17 Å². The van der Waals surface area contributed by atoms with Crippen LogP contribution >= 0.6 is 23.2 Å². The Bertz CT molecular complexity index is 662. The molecule has 1 heterocycles. The number of allylic oxidation sites excluding steroid dienone is 1. The van der Waals surface area contributed by atoms with E-state index in [1.807, 2.05) is 6.07 Å². The lowest BCUT2D eigenvalue weighted by Gasteiger charge is -2.18. The Morgan fingerprint density at radius 2 is 2.30 bits per heavy atom. The van der Waals surface area contributed by atoms with Crippen molar-refractivity contribution in [2.24, 2.45) is 4.99 Å². The maximum atomic E-state index is 10.9. The van der Waals surface area contributed by atoms with Crippen LogP contribution in [0.25, 0.3) is 0 Å². The van der Waals surface area contributed by atoms with Crippen LogP contribution in [0.4, 0.5) is 11.4 Å². The molecule has 102 valence electrons. The number of esters is 1. The number of halogens is 2. The number of nitrogens with one attached hydrogen (secondary N) is 1. The largest absolute Gasteiger partial charge is 0.443 e. The average molecular weight is 310 g/mol. The highest BCUT2D eigenvalue weighted by Crippen LogP contribution is 2.34. The van der Waals surface area contributed by atoms with E-state index in [0.29, 0.717) is 22.1 Å². The van der Waals surface area contributed by atoms with E-state index in [1.165, 1.54) is 13.0 Å². The molecule has 0 fully saturated rings. The summed E-state index contributed by atoms with van der Waals surface area (Å²) in [4.78, 5) is 15.0. The number of rotatable bonds is 2. The number of anilines is 1. The molecule has 1 aromatic rings. The summed E-state index contributed by atoms with van der Waals surface area (Å²) in [5.41, 5.74) is 1.69. The van der Waals surface area contributed by atoms with Crippen LogP contribution in [0.3, 0.4) is 0 Å². The normalized spacial score (nSPS) is 16.5. The van der Waals surface area contributed by atoms with Gasteiger partial charge < -0.3 is 10.1 Å². The SMILES string of the molecule is CC(=O)OC(C#N)C=C1Nc2ccc(Cl)cc2N=C1Cl. The van der Waals surface area contributed by atoms with Gasteiger partial charge in [0.1, 0.15) is 6.07 Å². The van der Waals surface area contributed by atoms with Gasteiger partial charge in [-0.2, -0.15) is 5.26 Å². The molecule has 5 nitrogen and oxygen atoms in total. The van der Waals surface area contributed by atoms with Crippen molar-refractivity contribution in [2.75, 3.05) is 5.32 Å². The van der Waals surface area contributed by atoms with Gasteiger partial charge >= 0.3 is 5.97 Å². The molecule has 1 atom stereocenters. The van der Waals surface area contributed by atoms with Gasteiger partial charge in [0.05, 0.1) is 17.1 Å². The first-order valence-electron chi connectivity index (χ1n) is 5.59. The van der Waals surface area contributed by atoms with Crippen LogP contribution < -0.4 is 5.32 Å². The van der Waals surface area contributed by atoms with E-state index in [0.717, 1.165) is 0 Å². The molecule has 1 unspecified atom stereocenters. The number of carbonyl (C=O) groups excluding carboxylic acids is 1. The molecule has 0 aliphatic carbocycles. The second-order valence-electron chi connectivity index (χ2n) is 3.93. The number of nitrogens with zero attached hydrogens (tertiary/aromatic N) is 2. The van der Waals surface area contributed by atoms with Crippen molar-refractivity contribution < 1.29 is 9.53 Å². The topological polar surface area (TPSA) is 74.5 Å². The number of fused-ring (bicyclic) bond motifs is 1. The number of aliphatic imine (C=N–C) groups is 1. The summed E-state index contributed by atoms with van der Waals surface area (Å²) in [6.07, 6.45) is 0.359. The molecule has 0 saturated heterocycles. The zero-order valence-electron chi connectivity index (χ0n) is 10.4. The number of benzene rings is 1. The fourth-order valence-corrected chi connectivity index (χ4v) is 1.97. The summed E-state index contributed by atoms with van der Waals surface area (Å²) in [5.74, 6) is -0.551. The summed E-state index contributed by atoms with van der Waals surface area (Å²) >= 11 is 11.9. The summed E-state index contributed by atoms with van der Waals surface area (Å²) < 4.78 is 4.81. The number of ether oxygens (including phenoxy) is 1. The average Bonchev–Trinajstić information content (AvgIpc) is 2.38. The molecule has 2 rings (SSSR count). The van der Waals surface area contributed by atoms with E-state index in [-0.39, 0.29) is 5.17 Å². The Morgan fingerprint density at radius 1 is 1.55 bits per heavy atom. The molecular weight excluding hydrogens is 301 g/mol. The predicted octanol–water partition coefficient (Wildman–Crippen LogP) is 3.37. The maximum absolute atomic E-state index is 10.9. The molecule has 0 saturated carbocycles. The molecule has 0 amide bonds. The quantitative estimate of drug-likeness (QED) is 0.850. The Kier molecular flexibility index (Phi) is 4.28. The zero-order valence-corrected chi connectivity index (χ0v) is 11.9. The molecule has 0 aromatic heterocycles. The fraction of sp³-hybridized carbons (Fsp3) is 0.154. The summed E-state index contributed by atoms with van der Waals surface area (Å²) in [7, 11) is 0. The van der Waals surface area contributed by atoms with Crippen molar-refractivity contribution >= 4 is 45.7 Å². The van der Waals surface area contributed by atoms with Crippen molar-refractivity contribution in [2.45, 2.75) is 13.0 Å². The van der Waals surface area contributed by atoms with Gasteiger partial charge in [-0.25, -0.2) is 4.99 Å². The molecule has 1 aromatic carbocycles. The van der Waals surface area contributed by atoms with Gasteiger partial charge in [0, 0.05) is 11.9 Å². The van der Waals surface area contributed by atoms with Gasteiger partial charge in [-0.05, 0) is 24.3 Å². The zero-order chi connectivity index (χ0) is 14.7. The van der Waals surface area contributed by atoms with E-state index in [1.54, 1.807) is 18.2 Å². The number of hydrogen-bond donors (Lipinski definition) is 1. The highest BCUT2D eigenvalue weighted by Gasteiger charge is 2.18. The Balaban J connectivity index is 2.31. The van der Waals surface area contributed by atoms with Gasteiger partial charge in [0.2, 0.25) is 6.10 Å². The number of nitriles is 1. The Labute approximate surface area is 125 Å². The Morgan fingerprint density at radius 3 is 2.95 bits per heavy atom. The number of carbonyl (C=O) groups is 1. The second-order valence-corrected chi connectivity index (χ2v) is 4.72. The lowest BCUT2D eigenvalue weighted by Crippen LogP contribution is -2.17. The van der Waals surface area contributed by atoms with Crippen LogP contribution in [0.5, 0.6) is 0 Å². The van der Waals surface area contributed by atoms with Crippen LogP contribution in [0.2, 0.25) is 5.02 Å². The highest BCUT2D eigenvalue weighted by molar-refractivity contribution is 6.70. The molecule has 0 spiro atoms. The van der Waals surface area contributed by atoms with Crippen LogP contribution in [-0.4, -0.2) is 17.2 Å². The van der Waals surface area contributed by atoms with E-state index in [9.17, 15) is 4.79 Å². The first-order chi connectivity index (χ1) is 9.49. The minimum atomic E-state index is -1.03. The van der Waals surface area contributed by atoms with Crippen LogP contribution in [0.1, 0.15) is 6.92 Å². The molecule has 1 aliphatic rings. The molecule has 0 bridgehead atoms.